The van der Waals surface area contributed by atoms with Crippen LogP contribution in [0.4, 0.5) is 11.5 Å². The molecule has 6 heteroatoms. The molecule has 128 valence electrons. The van der Waals surface area contributed by atoms with E-state index in [-0.39, 0.29) is 0 Å². The number of thiocarbonyl (C=S) groups is 1. The lowest BCUT2D eigenvalue weighted by atomic mass is 9.96. The fourth-order valence-corrected chi connectivity index (χ4v) is 3.33. The first kappa shape index (κ1) is 16.8. The van der Waals surface area contributed by atoms with Crippen molar-refractivity contribution in [2.45, 2.75) is 45.1 Å². The number of benzene rings is 1. The van der Waals surface area contributed by atoms with E-state index >= 15 is 0 Å². The summed E-state index contributed by atoms with van der Waals surface area (Å²) in [7, 11) is 0. The number of anilines is 2. The summed E-state index contributed by atoms with van der Waals surface area (Å²) >= 11 is 5.43. The first-order valence-corrected chi connectivity index (χ1v) is 9.01. The molecule has 1 aliphatic carbocycles. The van der Waals surface area contributed by atoms with Crippen LogP contribution in [0.15, 0.2) is 36.5 Å². The van der Waals surface area contributed by atoms with Crippen molar-refractivity contribution in [2.75, 3.05) is 17.2 Å². The fraction of sp³-hybridized carbons (Fsp3) is 0.444. The van der Waals surface area contributed by atoms with Gasteiger partial charge in [0.1, 0.15) is 11.6 Å². The number of hydrogen-bond acceptors (Lipinski definition) is 3. The third-order valence-electron chi connectivity index (χ3n) is 4.26. The Balaban J connectivity index is 1.60. The maximum absolute atomic E-state index is 5.45. The van der Waals surface area contributed by atoms with Crippen LogP contribution in [0, 0.1) is 0 Å². The molecule has 0 unspecified atom stereocenters. The summed E-state index contributed by atoms with van der Waals surface area (Å²) in [5.41, 5.74) is 0.930. The van der Waals surface area contributed by atoms with Crippen molar-refractivity contribution in [3.63, 3.8) is 0 Å². The highest BCUT2D eigenvalue weighted by Gasteiger charge is 2.18. The summed E-state index contributed by atoms with van der Waals surface area (Å²) in [4.78, 5) is 0. The lowest BCUT2D eigenvalue weighted by molar-refractivity contribution is 0.333. The molecule has 0 saturated heterocycles. The van der Waals surface area contributed by atoms with Gasteiger partial charge in [-0.05, 0) is 56.2 Å². The fourth-order valence-electron chi connectivity index (χ4n) is 3.11. The van der Waals surface area contributed by atoms with Crippen LogP contribution in [-0.2, 0) is 0 Å². The van der Waals surface area contributed by atoms with Gasteiger partial charge in [0.15, 0.2) is 5.11 Å². The van der Waals surface area contributed by atoms with Crippen molar-refractivity contribution >= 4 is 28.8 Å². The number of nitrogens with one attached hydrogen (secondary N) is 2. The highest BCUT2D eigenvalue weighted by atomic mass is 32.1. The first-order valence-electron chi connectivity index (χ1n) is 8.60. The van der Waals surface area contributed by atoms with Crippen molar-refractivity contribution in [3.8, 4) is 5.75 Å². The van der Waals surface area contributed by atoms with Crippen LogP contribution < -0.4 is 15.4 Å². The maximum Gasteiger partial charge on any atom is 0.176 e. The Bertz CT molecular complexity index is 662. The molecule has 0 amide bonds. The minimum atomic E-state index is 0.476. The van der Waals surface area contributed by atoms with Crippen molar-refractivity contribution in [1.29, 1.82) is 0 Å². The minimum absolute atomic E-state index is 0.476. The zero-order valence-electron chi connectivity index (χ0n) is 14.0. The van der Waals surface area contributed by atoms with E-state index in [9.17, 15) is 0 Å². The molecule has 1 saturated carbocycles. The largest absolute Gasteiger partial charge is 0.494 e. The molecular formula is C18H24N4OS. The summed E-state index contributed by atoms with van der Waals surface area (Å²) in [6.07, 6.45) is 8.09. The van der Waals surface area contributed by atoms with Gasteiger partial charge in [-0.2, -0.15) is 5.10 Å². The van der Waals surface area contributed by atoms with E-state index in [1.165, 1.54) is 32.1 Å². The van der Waals surface area contributed by atoms with Gasteiger partial charge in [0.25, 0.3) is 0 Å². The van der Waals surface area contributed by atoms with E-state index in [1.807, 2.05) is 43.5 Å². The second kappa shape index (κ2) is 8.15. The predicted octanol–water partition coefficient (Wildman–Crippen LogP) is 4.60. The normalized spacial score (nSPS) is 15.0. The first-order chi connectivity index (χ1) is 11.8. The third kappa shape index (κ3) is 4.26. The van der Waals surface area contributed by atoms with Gasteiger partial charge in [-0.25, -0.2) is 4.68 Å². The van der Waals surface area contributed by atoms with Crippen molar-refractivity contribution < 1.29 is 4.74 Å². The van der Waals surface area contributed by atoms with Gasteiger partial charge < -0.3 is 15.4 Å². The van der Waals surface area contributed by atoms with E-state index < -0.39 is 0 Å². The molecule has 5 nitrogen and oxygen atoms in total. The van der Waals surface area contributed by atoms with Gasteiger partial charge in [0.05, 0.1) is 18.8 Å². The van der Waals surface area contributed by atoms with E-state index in [0.717, 1.165) is 17.3 Å². The Hall–Kier alpha value is -2.08. The lowest BCUT2D eigenvalue weighted by Gasteiger charge is -2.24. The molecule has 1 aromatic heterocycles. The minimum Gasteiger partial charge on any atom is -0.494 e. The smallest absolute Gasteiger partial charge is 0.176 e. The van der Waals surface area contributed by atoms with Crippen LogP contribution in [0.2, 0.25) is 0 Å². The second-order valence-electron chi connectivity index (χ2n) is 5.99. The van der Waals surface area contributed by atoms with E-state index in [1.54, 1.807) is 0 Å². The Kier molecular flexibility index (Phi) is 5.69. The molecule has 2 aromatic rings. The molecule has 2 N–H and O–H groups in total. The third-order valence-corrected chi connectivity index (χ3v) is 4.46. The van der Waals surface area contributed by atoms with Gasteiger partial charge in [-0.1, -0.05) is 19.3 Å². The molecule has 0 atom stereocenters. The topological polar surface area (TPSA) is 51.1 Å². The molecule has 0 radical (unpaired) electrons. The number of rotatable bonds is 5. The van der Waals surface area contributed by atoms with Gasteiger partial charge in [-0.3, -0.25) is 0 Å². The number of aromatic nitrogens is 2. The number of hydrogen-bond donors (Lipinski definition) is 2. The van der Waals surface area contributed by atoms with Gasteiger partial charge in [-0.15, -0.1) is 0 Å². The van der Waals surface area contributed by atoms with E-state index in [0.29, 0.717) is 17.8 Å². The molecule has 0 bridgehead atoms. The molecule has 1 aliphatic rings. The van der Waals surface area contributed by atoms with Crippen LogP contribution in [0.3, 0.4) is 0 Å². The monoisotopic (exact) mass is 344 g/mol. The van der Waals surface area contributed by atoms with Crippen LogP contribution in [-0.4, -0.2) is 21.5 Å². The average molecular weight is 344 g/mol. The summed E-state index contributed by atoms with van der Waals surface area (Å²) in [5.74, 6) is 1.81. The summed E-state index contributed by atoms with van der Waals surface area (Å²) in [6, 6.07) is 10.2. The quantitative estimate of drug-likeness (QED) is 0.777. The molecule has 1 fully saturated rings. The zero-order valence-corrected chi connectivity index (χ0v) is 14.8. The molecule has 0 spiro atoms. The second-order valence-corrected chi connectivity index (χ2v) is 6.40. The van der Waals surface area contributed by atoms with Crippen LogP contribution in [0.25, 0.3) is 0 Å². The molecular weight excluding hydrogens is 320 g/mol. The maximum atomic E-state index is 5.45. The number of nitrogens with zero attached hydrogens (tertiary/aromatic N) is 2. The highest BCUT2D eigenvalue weighted by Crippen LogP contribution is 2.30. The number of ether oxygens (including phenoxy) is 1. The van der Waals surface area contributed by atoms with E-state index in [2.05, 4.69) is 20.4 Å². The molecule has 0 aliphatic heterocycles. The van der Waals surface area contributed by atoms with Crippen LogP contribution in [0.1, 0.15) is 45.1 Å². The van der Waals surface area contributed by atoms with Crippen molar-refractivity contribution in [1.82, 2.24) is 9.78 Å². The Morgan fingerprint density at radius 1 is 1.17 bits per heavy atom. The Morgan fingerprint density at radius 3 is 2.62 bits per heavy atom. The summed E-state index contributed by atoms with van der Waals surface area (Å²) in [6.45, 7) is 2.64. The van der Waals surface area contributed by atoms with Gasteiger partial charge >= 0.3 is 0 Å². The predicted molar refractivity (Wildman–Crippen MR) is 102 cm³/mol. The van der Waals surface area contributed by atoms with Crippen LogP contribution >= 0.6 is 12.2 Å². The zero-order chi connectivity index (χ0) is 16.8. The summed E-state index contributed by atoms with van der Waals surface area (Å²) in [5, 5.41) is 11.5. The average Bonchev–Trinajstić information content (AvgIpc) is 3.05. The standard InChI is InChI=1S/C18H24N4OS/c1-2-23-16-10-8-14(9-11-16)20-18(24)21-17-12-13-19-22(17)15-6-4-3-5-7-15/h8-13,15H,2-7H2,1H3,(H2,20,21,24). The van der Waals surface area contributed by atoms with Gasteiger partial charge in [0, 0.05) is 11.8 Å². The molecule has 1 aromatic carbocycles. The lowest BCUT2D eigenvalue weighted by Crippen LogP contribution is -2.23. The molecule has 1 heterocycles. The van der Waals surface area contributed by atoms with Gasteiger partial charge in [0.2, 0.25) is 0 Å². The van der Waals surface area contributed by atoms with Crippen molar-refractivity contribution in [3.05, 3.63) is 36.5 Å². The highest BCUT2D eigenvalue weighted by molar-refractivity contribution is 7.80. The Labute approximate surface area is 148 Å². The van der Waals surface area contributed by atoms with Crippen LogP contribution in [0.5, 0.6) is 5.75 Å². The van der Waals surface area contributed by atoms with Crippen molar-refractivity contribution in [2.24, 2.45) is 0 Å². The molecule has 24 heavy (non-hydrogen) atoms. The summed E-state index contributed by atoms with van der Waals surface area (Å²) < 4.78 is 7.52. The SMILES string of the molecule is CCOc1ccc(NC(=S)Nc2ccnn2C2CCCCC2)cc1. The van der Waals surface area contributed by atoms with E-state index in [4.69, 9.17) is 17.0 Å². The molecule has 3 rings (SSSR count). The Morgan fingerprint density at radius 2 is 1.92 bits per heavy atom.